The predicted molar refractivity (Wildman–Crippen MR) is 50.2 cm³/mol. The Morgan fingerprint density at radius 3 is 2.15 bits per heavy atom. The Kier molecular flexibility index (Phi) is 1.73. The molecule has 0 amide bonds. The molecule has 0 radical (unpaired) electrons. The number of hydrogen-bond acceptors (Lipinski definition) is 2. The van der Waals surface area contributed by atoms with Crippen molar-refractivity contribution in [2.45, 2.75) is 52.1 Å². The minimum absolute atomic E-state index is 0.0405. The molecule has 2 heteroatoms. The average molecular weight is 182 g/mol. The summed E-state index contributed by atoms with van der Waals surface area (Å²) < 4.78 is 5.60. The van der Waals surface area contributed by atoms with Crippen LogP contribution in [0, 0.1) is 11.3 Å². The van der Waals surface area contributed by atoms with Gasteiger partial charge in [0.1, 0.15) is 5.60 Å². The molecule has 2 saturated heterocycles. The Hall–Kier alpha value is -0.530. The largest absolute Gasteiger partial charge is 0.458 e. The van der Waals surface area contributed by atoms with Crippen molar-refractivity contribution in [1.29, 1.82) is 0 Å². The zero-order valence-electron chi connectivity index (χ0n) is 8.72. The fourth-order valence-electron chi connectivity index (χ4n) is 2.53. The third kappa shape index (κ3) is 1.11. The number of carbonyl (C=O) groups is 1. The molecule has 0 N–H and O–H groups in total. The second kappa shape index (κ2) is 2.49. The third-order valence-electron chi connectivity index (χ3n) is 4.04. The molecular formula is C11H18O2. The Morgan fingerprint density at radius 2 is 1.77 bits per heavy atom. The second-order valence-electron chi connectivity index (χ2n) is 5.17. The number of rotatable bonds is 1. The molecule has 2 aliphatic heterocycles. The lowest BCUT2D eigenvalue weighted by molar-refractivity contribution is -0.209. The van der Waals surface area contributed by atoms with Crippen LogP contribution in [-0.2, 0) is 9.53 Å². The van der Waals surface area contributed by atoms with Crippen LogP contribution in [0.5, 0.6) is 0 Å². The molecule has 3 rings (SSSR count). The van der Waals surface area contributed by atoms with Crippen molar-refractivity contribution >= 4 is 5.97 Å². The molecule has 0 unspecified atom stereocenters. The molecule has 0 aromatic rings. The summed E-state index contributed by atoms with van der Waals surface area (Å²) in [6.07, 6.45) is 4.16. The Labute approximate surface area is 79.7 Å². The molecule has 13 heavy (non-hydrogen) atoms. The molecule has 2 heterocycles. The summed E-state index contributed by atoms with van der Waals surface area (Å²) in [7, 11) is 0. The maximum Gasteiger partial charge on any atom is 0.312 e. The van der Waals surface area contributed by atoms with Gasteiger partial charge in [-0.25, -0.2) is 0 Å². The minimum atomic E-state index is -0.156. The molecule has 1 aliphatic carbocycles. The van der Waals surface area contributed by atoms with Crippen LogP contribution in [-0.4, -0.2) is 11.6 Å². The number of ether oxygens (including phenoxy) is 1. The van der Waals surface area contributed by atoms with Crippen molar-refractivity contribution in [3.63, 3.8) is 0 Å². The maximum absolute atomic E-state index is 11.7. The Morgan fingerprint density at radius 1 is 1.23 bits per heavy atom. The SMILES string of the molecule is CC(C)C12CCC(C)(CC1)C(=O)O2. The van der Waals surface area contributed by atoms with Gasteiger partial charge in [-0.05, 0) is 38.5 Å². The molecule has 1 saturated carbocycles. The van der Waals surface area contributed by atoms with E-state index in [1.165, 1.54) is 0 Å². The molecular weight excluding hydrogens is 164 g/mol. The van der Waals surface area contributed by atoms with E-state index in [0.29, 0.717) is 5.92 Å². The lowest BCUT2D eigenvalue weighted by Gasteiger charge is -2.52. The van der Waals surface area contributed by atoms with E-state index >= 15 is 0 Å². The number of carbonyl (C=O) groups excluding carboxylic acids is 1. The topological polar surface area (TPSA) is 26.3 Å². The van der Waals surface area contributed by atoms with E-state index in [9.17, 15) is 4.79 Å². The van der Waals surface area contributed by atoms with E-state index in [1.807, 2.05) is 6.92 Å². The van der Waals surface area contributed by atoms with Crippen LogP contribution in [0.3, 0.4) is 0 Å². The van der Waals surface area contributed by atoms with Crippen LogP contribution >= 0.6 is 0 Å². The first-order chi connectivity index (χ1) is 5.99. The Bertz CT molecular complexity index is 234. The highest BCUT2D eigenvalue weighted by Crippen LogP contribution is 2.51. The number of hydrogen-bond donors (Lipinski definition) is 0. The van der Waals surface area contributed by atoms with Crippen molar-refractivity contribution < 1.29 is 9.53 Å². The van der Waals surface area contributed by atoms with Gasteiger partial charge in [0, 0.05) is 0 Å². The van der Waals surface area contributed by atoms with Gasteiger partial charge in [-0.2, -0.15) is 0 Å². The van der Waals surface area contributed by atoms with Crippen molar-refractivity contribution in [2.75, 3.05) is 0 Å². The van der Waals surface area contributed by atoms with Gasteiger partial charge in [0.05, 0.1) is 5.41 Å². The fraction of sp³-hybridized carbons (Fsp3) is 0.909. The van der Waals surface area contributed by atoms with Crippen LogP contribution in [0.25, 0.3) is 0 Å². The smallest absolute Gasteiger partial charge is 0.312 e. The van der Waals surface area contributed by atoms with Crippen LogP contribution in [0.2, 0.25) is 0 Å². The molecule has 0 spiro atoms. The van der Waals surface area contributed by atoms with Gasteiger partial charge in [-0.15, -0.1) is 0 Å². The molecule has 3 aliphatic rings. The van der Waals surface area contributed by atoms with Crippen LogP contribution in [0.1, 0.15) is 46.5 Å². The van der Waals surface area contributed by atoms with Gasteiger partial charge >= 0.3 is 5.97 Å². The van der Waals surface area contributed by atoms with Crippen LogP contribution < -0.4 is 0 Å². The van der Waals surface area contributed by atoms with Gasteiger partial charge in [0.15, 0.2) is 0 Å². The van der Waals surface area contributed by atoms with E-state index in [2.05, 4.69) is 13.8 Å². The summed E-state index contributed by atoms with van der Waals surface area (Å²) >= 11 is 0. The van der Waals surface area contributed by atoms with Crippen LogP contribution in [0.15, 0.2) is 0 Å². The first-order valence-corrected chi connectivity index (χ1v) is 5.22. The van der Waals surface area contributed by atoms with E-state index in [4.69, 9.17) is 4.74 Å². The van der Waals surface area contributed by atoms with Crippen molar-refractivity contribution in [2.24, 2.45) is 11.3 Å². The fourth-order valence-corrected chi connectivity index (χ4v) is 2.53. The van der Waals surface area contributed by atoms with E-state index in [-0.39, 0.29) is 17.0 Å². The monoisotopic (exact) mass is 182 g/mol. The Balaban J connectivity index is 2.26. The third-order valence-corrected chi connectivity index (χ3v) is 4.04. The van der Waals surface area contributed by atoms with Gasteiger partial charge in [0.25, 0.3) is 0 Å². The molecule has 0 atom stereocenters. The molecule has 0 aromatic carbocycles. The van der Waals surface area contributed by atoms with Gasteiger partial charge in [0.2, 0.25) is 0 Å². The molecule has 3 fully saturated rings. The molecule has 0 aromatic heterocycles. The summed E-state index contributed by atoms with van der Waals surface area (Å²) in [5, 5.41) is 0. The molecule has 74 valence electrons. The first-order valence-electron chi connectivity index (χ1n) is 5.22. The zero-order chi connectivity index (χ0) is 9.69. The number of esters is 1. The standard InChI is InChI=1S/C11H18O2/c1-8(2)11-6-4-10(3,5-7-11)9(12)13-11/h8H,4-7H2,1-3H3. The van der Waals surface area contributed by atoms with Crippen molar-refractivity contribution in [3.8, 4) is 0 Å². The lowest BCUT2D eigenvalue weighted by atomic mass is 9.63. The summed E-state index contributed by atoms with van der Waals surface area (Å²) in [5.41, 5.74) is -0.272. The summed E-state index contributed by atoms with van der Waals surface area (Å²) in [6, 6.07) is 0. The summed E-state index contributed by atoms with van der Waals surface area (Å²) in [5.74, 6) is 0.500. The maximum atomic E-state index is 11.7. The zero-order valence-corrected chi connectivity index (χ0v) is 8.72. The van der Waals surface area contributed by atoms with Gasteiger partial charge < -0.3 is 4.74 Å². The van der Waals surface area contributed by atoms with E-state index in [0.717, 1.165) is 25.7 Å². The highest BCUT2D eigenvalue weighted by molar-refractivity contribution is 5.78. The highest BCUT2D eigenvalue weighted by Gasteiger charge is 2.54. The van der Waals surface area contributed by atoms with Gasteiger partial charge in [-0.1, -0.05) is 13.8 Å². The minimum Gasteiger partial charge on any atom is -0.458 e. The first kappa shape index (κ1) is 9.04. The molecule has 2 nitrogen and oxygen atoms in total. The lowest BCUT2D eigenvalue weighted by Crippen LogP contribution is -2.55. The summed E-state index contributed by atoms with van der Waals surface area (Å²) in [4.78, 5) is 11.7. The normalized spacial score (nSPS) is 43.8. The summed E-state index contributed by atoms with van der Waals surface area (Å²) in [6.45, 7) is 6.35. The second-order valence-corrected chi connectivity index (χ2v) is 5.17. The highest BCUT2D eigenvalue weighted by atomic mass is 16.6. The quantitative estimate of drug-likeness (QED) is 0.582. The van der Waals surface area contributed by atoms with Gasteiger partial charge in [-0.3, -0.25) is 4.79 Å². The predicted octanol–water partition coefficient (Wildman–Crippen LogP) is 2.52. The van der Waals surface area contributed by atoms with E-state index in [1.54, 1.807) is 0 Å². The van der Waals surface area contributed by atoms with Crippen LogP contribution in [0.4, 0.5) is 0 Å². The van der Waals surface area contributed by atoms with Crippen molar-refractivity contribution in [3.05, 3.63) is 0 Å². The van der Waals surface area contributed by atoms with E-state index < -0.39 is 0 Å². The average Bonchev–Trinajstić information content (AvgIpc) is 2.08. The molecule has 2 bridgehead atoms. The number of fused-ring (bicyclic) bond motifs is 3. The van der Waals surface area contributed by atoms with Crippen molar-refractivity contribution in [1.82, 2.24) is 0 Å².